The van der Waals surface area contributed by atoms with Gasteiger partial charge in [0, 0.05) is 6.42 Å². The average molecular weight is 399 g/mol. The number of aryl methyl sites for hydroxylation is 1. The molecular weight excluding hydrogens is 370 g/mol. The van der Waals surface area contributed by atoms with Crippen molar-refractivity contribution in [2.45, 2.75) is 38.1 Å². The van der Waals surface area contributed by atoms with E-state index in [-0.39, 0.29) is 12.6 Å². The number of aliphatic hydroxyl groups excluding tert-OH is 2. The van der Waals surface area contributed by atoms with Gasteiger partial charge in [-0.2, -0.15) is 0 Å². The molecule has 1 aliphatic heterocycles. The summed E-state index contributed by atoms with van der Waals surface area (Å²) in [5, 5.41) is 29.7. The molecule has 3 rings (SSSR count). The molecule has 7 nitrogen and oxygen atoms in total. The summed E-state index contributed by atoms with van der Waals surface area (Å²) in [7, 11) is 0. The molecule has 0 bridgehead atoms. The van der Waals surface area contributed by atoms with Crippen LogP contribution in [0.4, 0.5) is 0 Å². The Kier molecular flexibility index (Phi) is 7.09. The van der Waals surface area contributed by atoms with Crippen LogP contribution >= 0.6 is 0 Å². The fourth-order valence-corrected chi connectivity index (χ4v) is 3.45. The minimum absolute atomic E-state index is 0.0659. The third-order valence-corrected chi connectivity index (χ3v) is 5.04. The smallest absolute Gasteiger partial charge is 0.185 e. The van der Waals surface area contributed by atoms with E-state index in [2.05, 4.69) is 18.3 Å². The largest absolute Gasteiger partial charge is 0.492 e. The molecular formula is C22H29N3O4. The maximum absolute atomic E-state index is 10.3. The van der Waals surface area contributed by atoms with Crippen LogP contribution < -0.4 is 15.8 Å². The fraction of sp³-hybridized carbons (Fsp3) is 0.409. The second-order valence-electron chi connectivity index (χ2n) is 7.41. The monoisotopic (exact) mass is 399 g/mol. The topological polar surface area (TPSA) is 121 Å². The van der Waals surface area contributed by atoms with Gasteiger partial charge in [-0.1, -0.05) is 30.3 Å². The fourth-order valence-electron chi connectivity index (χ4n) is 3.45. The van der Waals surface area contributed by atoms with E-state index in [0.717, 1.165) is 23.3 Å². The van der Waals surface area contributed by atoms with Crippen molar-refractivity contribution < 1.29 is 19.7 Å². The van der Waals surface area contributed by atoms with Crippen LogP contribution in [0.1, 0.15) is 34.8 Å². The summed E-state index contributed by atoms with van der Waals surface area (Å²) in [5.74, 6) is 0.700. The van der Waals surface area contributed by atoms with Crippen LogP contribution in [0.2, 0.25) is 0 Å². The first-order valence-electron chi connectivity index (χ1n) is 9.79. The van der Waals surface area contributed by atoms with E-state index in [1.807, 2.05) is 36.4 Å². The quantitative estimate of drug-likeness (QED) is 0.274. The molecule has 1 fully saturated rings. The molecule has 7 heteroatoms. The second kappa shape index (κ2) is 9.73. The molecule has 0 aromatic heterocycles. The Morgan fingerprint density at radius 3 is 2.69 bits per heavy atom. The number of hydrogen-bond acceptors (Lipinski definition) is 5. The van der Waals surface area contributed by atoms with Gasteiger partial charge in [0.25, 0.3) is 0 Å². The molecule has 1 heterocycles. The van der Waals surface area contributed by atoms with Crippen molar-refractivity contribution in [1.29, 1.82) is 5.41 Å². The Balaban J connectivity index is 1.63. The molecule has 0 spiro atoms. The second-order valence-corrected chi connectivity index (χ2v) is 7.41. The minimum Gasteiger partial charge on any atom is -0.492 e. The first-order chi connectivity index (χ1) is 13.9. The van der Waals surface area contributed by atoms with Crippen molar-refractivity contribution in [3.8, 4) is 5.75 Å². The average Bonchev–Trinajstić information content (AvgIpc) is 2.68. The van der Waals surface area contributed by atoms with E-state index in [0.29, 0.717) is 19.6 Å². The Labute approximate surface area is 171 Å². The summed E-state index contributed by atoms with van der Waals surface area (Å²) in [6.45, 7) is 3.22. The van der Waals surface area contributed by atoms with Gasteiger partial charge in [0.05, 0.1) is 25.4 Å². The molecule has 29 heavy (non-hydrogen) atoms. The van der Waals surface area contributed by atoms with Crippen molar-refractivity contribution in [1.82, 2.24) is 5.32 Å². The summed E-state index contributed by atoms with van der Waals surface area (Å²) in [5.41, 5.74) is 9.66. The molecule has 0 amide bonds. The summed E-state index contributed by atoms with van der Waals surface area (Å²) < 4.78 is 11.3. The van der Waals surface area contributed by atoms with Gasteiger partial charge in [-0.05, 0) is 47.7 Å². The molecule has 6 N–H and O–H groups in total. The van der Waals surface area contributed by atoms with Crippen LogP contribution in [-0.2, 0) is 11.2 Å². The van der Waals surface area contributed by atoms with Crippen molar-refractivity contribution in [3.05, 3.63) is 64.7 Å². The summed E-state index contributed by atoms with van der Waals surface area (Å²) in [4.78, 5) is 0. The Hall–Kier alpha value is -2.61. The van der Waals surface area contributed by atoms with Crippen molar-refractivity contribution in [2.24, 2.45) is 5.73 Å². The highest BCUT2D eigenvalue weighted by Crippen LogP contribution is 2.30. The molecule has 3 atom stereocenters. The highest BCUT2D eigenvalue weighted by molar-refractivity contribution is 5.74. The van der Waals surface area contributed by atoms with Crippen molar-refractivity contribution in [3.63, 3.8) is 0 Å². The van der Waals surface area contributed by atoms with Gasteiger partial charge in [-0.25, -0.2) is 0 Å². The Bertz CT molecular complexity index is 825. The van der Waals surface area contributed by atoms with Gasteiger partial charge in [-0.3, -0.25) is 5.41 Å². The number of benzene rings is 2. The molecule has 0 radical (unpaired) electrons. The normalized spacial score (nSPS) is 21.6. The molecule has 2 aromatic rings. The molecule has 1 aliphatic rings. The van der Waals surface area contributed by atoms with E-state index in [4.69, 9.17) is 20.6 Å². The molecule has 1 saturated heterocycles. The molecule has 156 valence electrons. The van der Waals surface area contributed by atoms with Gasteiger partial charge >= 0.3 is 0 Å². The summed E-state index contributed by atoms with van der Waals surface area (Å²) >= 11 is 0. The maximum atomic E-state index is 10.3. The lowest BCUT2D eigenvalue weighted by molar-refractivity contribution is -0.125. The summed E-state index contributed by atoms with van der Waals surface area (Å²) in [6.07, 6.45) is -0.625. The van der Waals surface area contributed by atoms with Crippen LogP contribution in [0.15, 0.2) is 42.5 Å². The number of guanidine groups is 1. The van der Waals surface area contributed by atoms with E-state index < -0.39 is 18.3 Å². The third kappa shape index (κ3) is 5.93. The van der Waals surface area contributed by atoms with Crippen LogP contribution in [0.25, 0.3) is 0 Å². The van der Waals surface area contributed by atoms with E-state index in [1.54, 1.807) is 0 Å². The summed E-state index contributed by atoms with van der Waals surface area (Å²) in [6, 6.07) is 14.0. The number of nitrogens with two attached hydrogens (primary N) is 1. The first kappa shape index (κ1) is 21.1. The lowest BCUT2D eigenvalue weighted by Crippen LogP contribution is -2.35. The Morgan fingerprint density at radius 2 is 2.00 bits per heavy atom. The first-order valence-corrected chi connectivity index (χ1v) is 9.79. The molecule has 2 aromatic carbocycles. The van der Waals surface area contributed by atoms with Crippen molar-refractivity contribution >= 4 is 5.96 Å². The van der Waals surface area contributed by atoms with E-state index >= 15 is 0 Å². The Morgan fingerprint density at radius 1 is 1.24 bits per heavy atom. The number of rotatable bonds is 7. The predicted molar refractivity (Wildman–Crippen MR) is 111 cm³/mol. The van der Waals surface area contributed by atoms with Gasteiger partial charge in [0.2, 0.25) is 0 Å². The maximum Gasteiger partial charge on any atom is 0.185 e. The van der Waals surface area contributed by atoms with Gasteiger partial charge < -0.3 is 30.7 Å². The van der Waals surface area contributed by atoms with Crippen LogP contribution in [0.3, 0.4) is 0 Å². The van der Waals surface area contributed by atoms with E-state index in [9.17, 15) is 10.2 Å². The van der Waals surface area contributed by atoms with Crippen LogP contribution in [-0.4, -0.2) is 48.1 Å². The van der Waals surface area contributed by atoms with Gasteiger partial charge in [0.1, 0.15) is 18.5 Å². The molecule has 0 saturated carbocycles. The predicted octanol–water partition coefficient (Wildman–Crippen LogP) is 1.63. The lowest BCUT2D eigenvalue weighted by atomic mass is 9.92. The SMILES string of the molecule is Cc1ccc([C@@H]2OC[C@@H](O)C[C@H]2O)cc1Cc1ccc(OCCNC(=N)N)cc1. The minimum atomic E-state index is -0.705. The number of ether oxygens (including phenoxy) is 2. The van der Waals surface area contributed by atoms with Gasteiger partial charge in [-0.15, -0.1) is 0 Å². The zero-order valence-corrected chi connectivity index (χ0v) is 16.6. The van der Waals surface area contributed by atoms with E-state index in [1.165, 1.54) is 11.1 Å². The zero-order valence-electron chi connectivity index (χ0n) is 16.6. The highest BCUT2D eigenvalue weighted by Gasteiger charge is 2.30. The standard InChI is InChI=1S/C22H29N3O4/c1-14-2-5-16(21-20(27)12-18(26)13-29-21)11-17(14)10-15-3-6-19(7-4-15)28-9-8-25-22(23)24/h2-7,11,18,20-21,26-27H,8-10,12-13H2,1H3,(H4,23,24,25)/t18-,20+,21-/m0/s1. The lowest BCUT2D eigenvalue weighted by Gasteiger charge is -2.31. The van der Waals surface area contributed by atoms with Crippen molar-refractivity contribution in [2.75, 3.05) is 19.8 Å². The number of hydrogen-bond donors (Lipinski definition) is 5. The number of nitrogens with one attached hydrogen (secondary N) is 2. The van der Waals surface area contributed by atoms with Gasteiger partial charge in [0.15, 0.2) is 5.96 Å². The molecule has 0 aliphatic carbocycles. The van der Waals surface area contributed by atoms with Crippen LogP contribution in [0, 0.1) is 12.3 Å². The third-order valence-electron chi connectivity index (χ3n) is 5.04. The van der Waals surface area contributed by atoms with Crippen LogP contribution in [0.5, 0.6) is 5.75 Å². The zero-order chi connectivity index (χ0) is 20.8. The highest BCUT2D eigenvalue weighted by atomic mass is 16.5. The molecule has 0 unspecified atom stereocenters. The number of aliphatic hydroxyl groups is 2.